The van der Waals surface area contributed by atoms with Crippen LogP contribution in [0.1, 0.15) is 27.3 Å². The molecule has 9 heteroatoms. The Morgan fingerprint density at radius 1 is 0.935 bits per heavy atom. The van der Waals surface area contributed by atoms with Crippen molar-refractivity contribution in [1.29, 1.82) is 0 Å². The van der Waals surface area contributed by atoms with Crippen molar-refractivity contribution in [2.75, 3.05) is 34.4 Å². The number of carbonyl (C=O) groups is 2. The van der Waals surface area contributed by atoms with Crippen LogP contribution in [0.15, 0.2) is 36.4 Å². The first-order valence-corrected chi connectivity index (χ1v) is 9.65. The van der Waals surface area contributed by atoms with Crippen LogP contribution in [0.2, 0.25) is 0 Å². The average molecular weight is 427 g/mol. The molecule has 31 heavy (non-hydrogen) atoms. The van der Waals surface area contributed by atoms with E-state index in [2.05, 4.69) is 15.6 Å². The molecule has 0 unspecified atom stereocenters. The number of H-pyrrole nitrogens is 1. The second-order valence-corrected chi connectivity index (χ2v) is 6.70. The smallest absolute Gasteiger partial charge is 0.267 e. The van der Waals surface area contributed by atoms with Crippen LogP contribution < -0.4 is 24.8 Å². The molecule has 2 aromatic carbocycles. The lowest BCUT2D eigenvalue weighted by atomic mass is 10.2. The first-order chi connectivity index (χ1) is 15.0. The number of aromatic nitrogens is 1. The molecule has 0 saturated carbocycles. The van der Waals surface area contributed by atoms with Crippen molar-refractivity contribution in [2.45, 2.75) is 6.42 Å². The number of rotatable bonds is 9. The quantitative estimate of drug-likeness (QED) is 0.389. The molecule has 0 atom stereocenters. The molecule has 0 saturated heterocycles. The number of aromatic hydroxyl groups is 1. The number of carbonyl (C=O) groups excluding carboxylic acids is 2. The lowest BCUT2D eigenvalue weighted by Gasteiger charge is -2.11. The van der Waals surface area contributed by atoms with Gasteiger partial charge in [-0.2, -0.15) is 0 Å². The Balaban J connectivity index is 1.59. The summed E-state index contributed by atoms with van der Waals surface area (Å²) in [6.45, 7) is 0.742. The molecular formula is C22H25N3O6. The van der Waals surface area contributed by atoms with E-state index in [1.165, 1.54) is 26.4 Å². The van der Waals surface area contributed by atoms with Crippen LogP contribution in [-0.2, 0) is 0 Å². The molecule has 1 heterocycles. The van der Waals surface area contributed by atoms with Gasteiger partial charge in [0.05, 0.1) is 26.8 Å². The highest BCUT2D eigenvalue weighted by molar-refractivity contribution is 6.02. The van der Waals surface area contributed by atoms with Gasteiger partial charge in [0.1, 0.15) is 17.2 Å². The van der Waals surface area contributed by atoms with Crippen LogP contribution in [0, 0.1) is 0 Å². The van der Waals surface area contributed by atoms with Gasteiger partial charge in [-0.15, -0.1) is 0 Å². The summed E-state index contributed by atoms with van der Waals surface area (Å²) in [5.74, 6) is 0.974. The highest BCUT2D eigenvalue weighted by atomic mass is 16.5. The van der Waals surface area contributed by atoms with Crippen molar-refractivity contribution < 1.29 is 28.9 Å². The minimum atomic E-state index is -0.293. The number of fused-ring (bicyclic) bond motifs is 1. The zero-order valence-electron chi connectivity index (χ0n) is 17.6. The third kappa shape index (κ3) is 4.82. The standard InChI is InChI=1S/C22H25N3O6/c1-29-17-12-18(30-2)20(31-3)19-15(17)11-16(25-19)22(28)24-9-5-8-23-21(27)13-6-4-7-14(26)10-13/h4,6-7,10-12,25-26H,5,8-9H2,1-3H3,(H,23,27)(H,24,28). The number of hydrogen-bond donors (Lipinski definition) is 4. The first-order valence-electron chi connectivity index (χ1n) is 9.65. The maximum absolute atomic E-state index is 12.6. The Bertz CT molecular complexity index is 1090. The molecule has 0 aliphatic heterocycles. The highest BCUT2D eigenvalue weighted by Crippen LogP contribution is 2.41. The molecule has 0 spiro atoms. The molecule has 164 valence electrons. The summed E-state index contributed by atoms with van der Waals surface area (Å²) in [7, 11) is 4.59. The number of benzene rings is 2. The van der Waals surface area contributed by atoms with Crippen molar-refractivity contribution in [3.63, 3.8) is 0 Å². The fourth-order valence-corrected chi connectivity index (χ4v) is 3.20. The molecule has 0 fully saturated rings. The molecule has 1 aromatic heterocycles. The number of hydrogen-bond acceptors (Lipinski definition) is 6. The zero-order valence-corrected chi connectivity index (χ0v) is 17.6. The van der Waals surface area contributed by atoms with Gasteiger partial charge in [0.15, 0.2) is 11.5 Å². The number of nitrogens with one attached hydrogen (secondary N) is 3. The number of amides is 2. The minimum Gasteiger partial charge on any atom is -0.508 e. The molecule has 0 aliphatic rings. The van der Waals surface area contributed by atoms with E-state index in [0.29, 0.717) is 58.9 Å². The van der Waals surface area contributed by atoms with Crippen molar-refractivity contribution in [1.82, 2.24) is 15.6 Å². The summed E-state index contributed by atoms with van der Waals surface area (Å²) in [5, 5.41) is 15.7. The fraction of sp³-hybridized carbons (Fsp3) is 0.273. The van der Waals surface area contributed by atoms with Crippen LogP contribution in [0.25, 0.3) is 10.9 Å². The van der Waals surface area contributed by atoms with Gasteiger partial charge < -0.3 is 34.9 Å². The Labute approximate surface area is 179 Å². The number of phenols is 1. The Morgan fingerprint density at radius 3 is 2.29 bits per heavy atom. The van der Waals surface area contributed by atoms with Gasteiger partial charge in [-0.25, -0.2) is 0 Å². The molecule has 2 amide bonds. The van der Waals surface area contributed by atoms with E-state index in [9.17, 15) is 14.7 Å². The largest absolute Gasteiger partial charge is 0.508 e. The summed E-state index contributed by atoms with van der Waals surface area (Å²) < 4.78 is 16.2. The molecule has 4 N–H and O–H groups in total. The summed E-state index contributed by atoms with van der Waals surface area (Å²) in [6, 6.07) is 9.50. The maximum atomic E-state index is 12.6. The highest BCUT2D eigenvalue weighted by Gasteiger charge is 2.19. The van der Waals surface area contributed by atoms with Gasteiger partial charge in [0.2, 0.25) is 0 Å². The fourth-order valence-electron chi connectivity index (χ4n) is 3.20. The van der Waals surface area contributed by atoms with Crippen LogP contribution in [-0.4, -0.2) is 56.3 Å². The number of methoxy groups -OCH3 is 3. The Hall–Kier alpha value is -3.88. The minimum absolute atomic E-state index is 0.0316. The first kappa shape index (κ1) is 21.8. The SMILES string of the molecule is COc1cc(OC)c2cc(C(=O)NCCCNC(=O)c3cccc(O)c3)[nH]c2c1OC. The Kier molecular flexibility index (Phi) is 6.86. The van der Waals surface area contributed by atoms with E-state index in [0.717, 1.165) is 0 Å². The maximum Gasteiger partial charge on any atom is 0.267 e. The molecule has 3 aromatic rings. The predicted octanol–water partition coefficient (Wildman–Crippen LogP) is 2.45. The molecular weight excluding hydrogens is 402 g/mol. The second-order valence-electron chi connectivity index (χ2n) is 6.70. The van der Waals surface area contributed by atoms with Gasteiger partial charge in [-0.1, -0.05) is 6.07 Å². The predicted molar refractivity (Wildman–Crippen MR) is 115 cm³/mol. The van der Waals surface area contributed by atoms with Crippen LogP contribution in [0.4, 0.5) is 0 Å². The van der Waals surface area contributed by atoms with Crippen LogP contribution >= 0.6 is 0 Å². The third-order valence-corrected chi connectivity index (χ3v) is 4.72. The van der Waals surface area contributed by atoms with Crippen LogP contribution in [0.5, 0.6) is 23.0 Å². The van der Waals surface area contributed by atoms with E-state index in [1.54, 1.807) is 31.4 Å². The topological polar surface area (TPSA) is 122 Å². The van der Waals surface area contributed by atoms with Crippen molar-refractivity contribution in [2.24, 2.45) is 0 Å². The van der Waals surface area contributed by atoms with E-state index >= 15 is 0 Å². The molecule has 9 nitrogen and oxygen atoms in total. The number of ether oxygens (including phenoxy) is 3. The molecule has 0 bridgehead atoms. The number of phenolic OH excluding ortho intramolecular Hbond substituents is 1. The molecule has 0 radical (unpaired) electrons. The van der Waals surface area contributed by atoms with Crippen molar-refractivity contribution in [3.05, 3.63) is 47.7 Å². The zero-order chi connectivity index (χ0) is 22.4. The molecule has 3 rings (SSSR count). The van der Waals surface area contributed by atoms with E-state index in [1.807, 2.05) is 0 Å². The average Bonchev–Trinajstić information content (AvgIpc) is 3.22. The van der Waals surface area contributed by atoms with Crippen LogP contribution in [0.3, 0.4) is 0 Å². The summed E-state index contributed by atoms with van der Waals surface area (Å²) >= 11 is 0. The normalized spacial score (nSPS) is 10.5. The Morgan fingerprint density at radius 2 is 1.65 bits per heavy atom. The monoisotopic (exact) mass is 427 g/mol. The van der Waals surface area contributed by atoms with E-state index in [4.69, 9.17) is 14.2 Å². The van der Waals surface area contributed by atoms with Crippen molar-refractivity contribution in [3.8, 4) is 23.0 Å². The summed E-state index contributed by atoms with van der Waals surface area (Å²) in [5.41, 5.74) is 1.33. The van der Waals surface area contributed by atoms with Gasteiger partial charge in [0.25, 0.3) is 11.8 Å². The van der Waals surface area contributed by atoms with Crippen molar-refractivity contribution >= 4 is 22.7 Å². The van der Waals surface area contributed by atoms with Gasteiger partial charge in [0, 0.05) is 30.1 Å². The van der Waals surface area contributed by atoms with E-state index < -0.39 is 0 Å². The second kappa shape index (κ2) is 9.75. The molecule has 0 aliphatic carbocycles. The lowest BCUT2D eigenvalue weighted by molar-refractivity contribution is 0.0948. The van der Waals surface area contributed by atoms with Gasteiger partial charge in [-0.3, -0.25) is 9.59 Å². The third-order valence-electron chi connectivity index (χ3n) is 4.72. The van der Waals surface area contributed by atoms with Gasteiger partial charge >= 0.3 is 0 Å². The van der Waals surface area contributed by atoms with E-state index in [-0.39, 0.29) is 17.6 Å². The summed E-state index contributed by atoms with van der Waals surface area (Å²) in [4.78, 5) is 27.7. The lowest BCUT2D eigenvalue weighted by Crippen LogP contribution is -2.30. The number of aromatic amines is 1. The summed E-state index contributed by atoms with van der Waals surface area (Å²) in [6.07, 6.45) is 0.539. The van der Waals surface area contributed by atoms with Gasteiger partial charge in [-0.05, 0) is 30.7 Å².